The molecule has 1 aliphatic rings. The molecule has 1 fully saturated rings. The molecule has 0 bridgehead atoms. The fourth-order valence-corrected chi connectivity index (χ4v) is 3.11. The highest BCUT2D eigenvalue weighted by Gasteiger charge is 2.29. The normalized spacial score (nSPS) is 16.9. The van der Waals surface area contributed by atoms with Crippen molar-refractivity contribution >= 4 is 5.69 Å². The summed E-state index contributed by atoms with van der Waals surface area (Å²) >= 11 is 0. The predicted octanol–water partition coefficient (Wildman–Crippen LogP) is 3.31. The molecule has 1 atom stereocenters. The zero-order valence-corrected chi connectivity index (χ0v) is 13.3. The van der Waals surface area contributed by atoms with Crippen molar-refractivity contribution in [1.29, 1.82) is 5.26 Å². The standard InChI is InChI=1S/C18H19N3O2/c1-22-15-7-8-16(18(10-15)23-2)17-4-3-9-21(17)14-6-5-13(11-19)20-12-14/h5-8,10,12,17H,3-4,9H2,1-2H3. The molecule has 118 valence electrons. The number of methoxy groups -OCH3 is 2. The van der Waals surface area contributed by atoms with Crippen LogP contribution in [0.2, 0.25) is 0 Å². The molecule has 5 nitrogen and oxygen atoms in total. The van der Waals surface area contributed by atoms with Gasteiger partial charge in [0.2, 0.25) is 0 Å². The maximum absolute atomic E-state index is 8.89. The molecule has 1 aliphatic heterocycles. The van der Waals surface area contributed by atoms with Crippen LogP contribution in [-0.4, -0.2) is 25.7 Å². The van der Waals surface area contributed by atoms with Gasteiger partial charge >= 0.3 is 0 Å². The Morgan fingerprint density at radius 2 is 2.09 bits per heavy atom. The minimum absolute atomic E-state index is 0.241. The van der Waals surface area contributed by atoms with Crippen LogP contribution in [0.1, 0.15) is 30.1 Å². The van der Waals surface area contributed by atoms with E-state index in [4.69, 9.17) is 14.7 Å². The lowest BCUT2D eigenvalue weighted by Gasteiger charge is -2.28. The van der Waals surface area contributed by atoms with Gasteiger partial charge in [0.05, 0.1) is 32.1 Å². The summed E-state index contributed by atoms with van der Waals surface area (Å²) in [6, 6.07) is 12.0. The number of rotatable bonds is 4. The van der Waals surface area contributed by atoms with Gasteiger partial charge in [0.1, 0.15) is 23.3 Å². The van der Waals surface area contributed by atoms with Crippen LogP contribution in [0, 0.1) is 11.3 Å². The number of pyridine rings is 1. The van der Waals surface area contributed by atoms with Gasteiger partial charge < -0.3 is 14.4 Å². The molecule has 1 unspecified atom stereocenters. The first-order valence-electron chi connectivity index (χ1n) is 7.61. The first-order chi connectivity index (χ1) is 11.3. The Bertz CT molecular complexity index is 722. The molecule has 0 saturated carbocycles. The minimum atomic E-state index is 0.241. The molecule has 1 saturated heterocycles. The van der Waals surface area contributed by atoms with E-state index in [-0.39, 0.29) is 6.04 Å². The number of nitriles is 1. The van der Waals surface area contributed by atoms with E-state index in [0.717, 1.165) is 42.1 Å². The van der Waals surface area contributed by atoms with E-state index >= 15 is 0 Å². The fourth-order valence-electron chi connectivity index (χ4n) is 3.11. The van der Waals surface area contributed by atoms with Crippen LogP contribution in [0.3, 0.4) is 0 Å². The van der Waals surface area contributed by atoms with Gasteiger partial charge in [-0.15, -0.1) is 0 Å². The van der Waals surface area contributed by atoms with Crippen molar-refractivity contribution in [1.82, 2.24) is 4.98 Å². The van der Waals surface area contributed by atoms with Crippen LogP contribution in [0.15, 0.2) is 36.5 Å². The summed E-state index contributed by atoms with van der Waals surface area (Å²) in [5.41, 5.74) is 2.62. The summed E-state index contributed by atoms with van der Waals surface area (Å²) in [6.45, 7) is 0.966. The number of nitrogens with zero attached hydrogens (tertiary/aromatic N) is 3. The SMILES string of the molecule is COc1ccc(C2CCCN2c2ccc(C#N)nc2)c(OC)c1. The molecule has 0 spiro atoms. The van der Waals surface area contributed by atoms with Gasteiger partial charge in [0.25, 0.3) is 0 Å². The van der Waals surface area contributed by atoms with Gasteiger partial charge in [0, 0.05) is 18.2 Å². The molecule has 0 radical (unpaired) electrons. The second kappa shape index (κ2) is 6.57. The van der Waals surface area contributed by atoms with Crippen molar-refractivity contribution in [2.45, 2.75) is 18.9 Å². The maximum atomic E-state index is 8.89. The molecule has 2 heterocycles. The van der Waals surface area contributed by atoms with E-state index in [1.807, 2.05) is 18.2 Å². The third kappa shape index (κ3) is 2.93. The van der Waals surface area contributed by atoms with Crippen LogP contribution >= 0.6 is 0 Å². The fraction of sp³-hybridized carbons (Fsp3) is 0.333. The third-order valence-corrected chi connectivity index (χ3v) is 4.25. The molecule has 5 heteroatoms. The Balaban J connectivity index is 1.93. The lowest BCUT2D eigenvalue weighted by atomic mass is 10.0. The third-order valence-electron chi connectivity index (χ3n) is 4.25. The van der Waals surface area contributed by atoms with Gasteiger partial charge in [-0.05, 0) is 37.1 Å². The summed E-state index contributed by atoms with van der Waals surface area (Å²) in [5, 5.41) is 8.89. The first kappa shape index (κ1) is 15.2. The lowest BCUT2D eigenvalue weighted by Crippen LogP contribution is -2.23. The van der Waals surface area contributed by atoms with E-state index in [0.29, 0.717) is 5.69 Å². The first-order valence-corrected chi connectivity index (χ1v) is 7.61. The Morgan fingerprint density at radius 1 is 1.22 bits per heavy atom. The van der Waals surface area contributed by atoms with Crippen molar-refractivity contribution in [2.24, 2.45) is 0 Å². The molecular formula is C18H19N3O2. The number of ether oxygens (including phenoxy) is 2. The van der Waals surface area contributed by atoms with Crippen molar-refractivity contribution in [3.05, 3.63) is 47.8 Å². The highest BCUT2D eigenvalue weighted by molar-refractivity contribution is 5.53. The number of anilines is 1. The predicted molar refractivity (Wildman–Crippen MR) is 87.8 cm³/mol. The van der Waals surface area contributed by atoms with E-state index in [1.54, 1.807) is 26.5 Å². The monoisotopic (exact) mass is 309 g/mol. The smallest absolute Gasteiger partial charge is 0.140 e. The topological polar surface area (TPSA) is 58.4 Å². The van der Waals surface area contributed by atoms with Crippen molar-refractivity contribution < 1.29 is 9.47 Å². The van der Waals surface area contributed by atoms with Crippen LogP contribution in [0.5, 0.6) is 11.5 Å². The van der Waals surface area contributed by atoms with Crippen LogP contribution in [0.25, 0.3) is 0 Å². The van der Waals surface area contributed by atoms with Crippen molar-refractivity contribution in [2.75, 3.05) is 25.7 Å². The molecule has 1 aromatic heterocycles. The molecule has 23 heavy (non-hydrogen) atoms. The van der Waals surface area contributed by atoms with Gasteiger partial charge in [0.15, 0.2) is 0 Å². The molecule has 2 aromatic rings. The van der Waals surface area contributed by atoms with Crippen LogP contribution < -0.4 is 14.4 Å². The summed E-state index contributed by atoms with van der Waals surface area (Å²) in [6.07, 6.45) is 3.94. The quantitative estimate of drug-likeness (QED) is 0.867. The van der Waals surface area contributed by atoms with E-state index in [2.05, 4.69) is 22.0 Å². The van der Waals surface area contributed by atoms with E-state index < -0.39 is 0 Å². The van der Waals surface area contributed by atoms with Crippen molar-refractivity contribution in [3.63, 3.8) is 0 Å². The molecule has 3 rings (SSSR count). The summed E-state index contributed by atoms with van der Waals surface area (Å²) < 4.78 is 10.8. The van der Waals surface area contributed by atoms with Crippen molar-refractivity contribution in [3.8, 4) is 17.6 Å². The summed E-state index contributed by atoms with van der Waals surface area (Å²) in [7, 11) is 3.33. The average Bonchev–Trinajstić information content (AvgIpc) is 3.10. The molecule has 0 N–H and O–H groups in total. The molecular weight excluding hydrogens is 290 g/mol. The Kier molecular flexibility index (Phi) is 4.33. The van der Waals surface area contributed by atoms with Gasteiger partial charge in [-0.2, -0.15) is 5.26 Å². The Labute approximate surface area is 136 Å². The average molecular weight is 309 g/mol. The number of hydrogen-bond donors (Lipinski definition) is 0. The number of benzene rings is 1. The summed E-state index contributed by atoms with van der Waals surface area (Å²) in [5.74, 6) is 1.62. The Morgan fingerprint density at radius 3 is 2.74 bits per heavy atom. The highest BCUT2D eigenvalue weighted by Crippen LogP contribution is 2.40. The van der Waals surface area contributed by atoms with E-state index in [1.165, 1.54) is 0 Å². The van der Waals surface area contributed by atoms with Gasteiger partial charge in [-0.25, -0.2) is 4.98 Å². The Hall–Kier alpha value is -2.74. The lowest BCUT2D eigenvalue weighted by molar-refractivity contribution is 0.388. The van der Waals surface area contributed by atoms with Gasteiger partial charge in [-0.3, -0.25) is 0 Å². The molecule has 0 aliphatic carbocycles. The highest BCUT2D eigenvalue weighted by atomic mass is 16.5. The second-order valence-corrected chi connectivity index (χ2v) is 5.47. The number of aromatic nitrogens is 1. The van der Waals surface area contributed by atoms with Crippen LogP contribution in [0.4, 0.5) is 5.69 Å². The molecule has 0 amide bonds. The zero-order chi connectivity index (χ0) is 16.2. The molecule has 1 aromatic carbocycles. The maximum Gasteiger partial charge on any atom is 0.140 e. The summed E-state index contributed by atoms with van der Waals surface area (Å²) in [4.78, 5) is 6.50. The van der Waals surface area contributed by atoms with Gasteiger partial charge in [-0.1, -0.05) is 0 Å². The zero-order valence-electron chi connectivity index (χ0n) is 13.3. The van der Waals surface area contributed by atoms with E-state index in [9.17, 15) is 0 Å². The minimum Gasteiger partial charge on any atom is -0.497 e. The van der Waals surface area contributed by atoms with Crippen LogP contribution in [-0.2, 0) is 0 Å². The second-order valence-electron chi connectivity index (χ2n) is 5.47. The largest absolute Gasteiger partial charge is 0.497 e. The number of hydrogen-bond acceptors (Lipinski definition) is 5.